The third kappa shape index (κ3) is 4.58. The Labute approximate surface area is 206 Å². The fourth-order valence-corrected chi connectivity index (χ4v) is 5.39. The molecule has 0 radical (unpaired) electrons. The predicted molar refractivity (Wildman–Crippen MR) is 138 cm³/mol. The molecule has 0 aromatic heterocycles. The van der Waals surface area contributed by atoms with Crippen LogP contribution >= 0.6 is 0 Å². The fourth-order valence-electron chi connectivity index (χ4n) is 5.39. The Kier molecular flexibility index (Phi) is 6.40. The number of nitrogens with two attached hydrogens (primary N) is 1. The Bertz CT molecular complexity index is 1210. The van der Waals surface area contributed by atoms with Crippen LogP contribution in [0.1, 0.15) is 29.5 Å². The molecule has 0 spiro atoms. The predicted octanol–water partition coefficient (Wildman–Crippen LogP) is 3.01. The molecule has 7 heteroatoms. The highest BCUT2D eigenvalue weighted by Gasteiger charge is 2.32. The summed E-state index contributed by atoms with van der Waals surface area (Å²) < 4.78 is 0. The second-order valence-electron chi connectivity index (χ2n) is 9.33. The van der Waals surface area contributed by atoms with Crippen LogP contribution in [-0.2, 0) is 29.0 Å². The van der Waals surface area contributed by atoms with E-state index in [0.29, 0.717) is 30.9 Å². The van der Waals surface area contributed by atoms with Crippen molar-refractivity contribution in [1.82, 2.24) is 9.80 Å². The number of likely N-dealkylation sites (tertiary alicyclic amines) is 1. The maximum absolute atomic E-state index is 13.2. The van der Waals surface area contributed by atoms with Crippen LogP contribution in [0, 0.1) is 0 Å². The quantitative estimate of drug-likeness (QED) is 0.316. The minimum Gasteiger partial charge on any atom is -0.390 e. The van der Waals surface area contributed by atoms with Crippen molar-refractivity contribution < 1.29 is 9.59 Å². The van der Waals surface area contributed by atoms with Gasteiger partial charge in [-0.15, -0.1) is 0 Å². The van der Waals surface area contributed by atoms with Gasteiger partial charge in [-0.25, -0.2) is 4.99 Å². The summed E-state index contributed by atoms with van der Waals surface area (Å²) in [6, 6.07) is 16.4. The van der Waals surface area contributed by atoms with Crippen molar-refractivity contribution >= 4 is 23.8 Å². The molecule has 35 heavy (non-hydrogen) atoms. The van der Waals surface area contributed by atoms with Crippen LogP contribution in [0.5, 0.6) is 0 Å². The molecule has 180 valence electrons. The first-order valence-electron chi connectivity index (χ1n) is 12.2. The molecule has 3 aliphatic heterocycles. The number of rotatable bonds is 5. The summed E-state index contributed by atoms with van der Waals surface area (Å²) in [6.07, 6.45) is 5.98. The van der Waals surface area contributed by atoms with Crippen LogP contribution in [0.15, 0.2) is 77.6 Å². The zero-order valence-corrected chi connectivity index (χ0v) is 19.9. The molecule has 0 unspecified atom stereocenters. The largest absolute Gasteiger partial charge is 0.390 e. The summed E-state index contributed by atoms with van der Waals surface area (Å²) in [6.45, 7) is 6.83. The lowest BCUT2D eigenvalue weighted by atomic mass is 9.95. The lowest BCUT2D eigenvalue weighted by Crippen LogP contribution is -2.48. The summed E-state index contributed by atoms with van der Waals surface area (Å²) in [5, 5.41) is 0. The van der Waals surface area contributed by atoms with E-state index >= 15 is 0 Å². The number of anilines is 1. The summed E-state index contributed by atoms with van der Waals surface area (Å²) >= 11 is 0. The maximum atomic E-state index is 13.2. The van der Waals surface area contributed by atoms with Gasteiger partial charge < -0.3 is 20.4 Å². The van der Waals surface area contributed by atoms with Gasteiger partial charge in [0.05, 0.1) is 12.8 Å². The fraction of sp³-hybridized carbons (Fsp3) is 0.321. The number of para-hydroxylation sites is 1. The monoisotopic (exact) mass is 469 g/mol. The summed E-state index contributed by atoms with van der Waals surface area (Å²) in [5.41, 5.74) is 10.5. The van der Waals surface area contributed by atoms with Crippen LogP contribution in [-0.4, -0.2) is 53.6 Å². The van der Waals surface area contributed by atoms with E-state index in [1.54, 1.807) is 11.0 Å². The Hall–Kier alpha value is -3.87. The van der Waals surface area contributed by atoms with Crippen molar-refractivity contribution in [2.75, 3.05) is 24.5 Å². The second-order valence-corrected chi connectivity index (χ2v) is 9.33. The highest BCUT2D eigenvalue weighted by atomic mass is 16.2. The van der Waals surface area contributed by atoms with Crippen LogP contribution in [0.2, 0.25) is 0 Å². The van der Waals surface area contributed by atoms with Crippen molar-refractivity contribution in [3.63, 3.8) is 0 Å². The van der Waals surface area contributed by atoms with Gasteiger partial charge in [0, 0.05) is 43.5 Å². The van der Waals surface area contributed by atoms with Crippen LogP contribution in [0.3, 0.4) is 0 Å². The zero-order valence-electron chi connectivity index (χ0n) is 19.9. The van der Waals surface area contributed by atoms with E-state index in [4.69, 9.17) is 5.73 Å². The molecule has 0 bridgehead atoms. The van der Waals surface area contributed by atoms with Crippen molar-refractivity contribution in [2.24, 2.45) is 10.7 Å². The molecule has 1 saturated heterocycles. The Balaban J connectivity index is 1.25. The van der Waals surface area contributed by atoms with Gasteiger partial charge in [0.25, 0.3) is 5.91 Å². The molecule has 1 fully saturated rings. The normalized spacial score (nSPS) is 18.7. The molecular weight excluding hydrogens is 438 g/mol. The lowest BCUT2D eigenvalue weighted by molar-refractivity contribution is -0.135. The number of nitrogens with zero attached hydrogens (tertiary/aromatic N) is 4. The summed E-state index contributed by atoms with van der Waals surface area (Å²) in [4.78, 5) is 36.3. The van der Waals surface area contributed by atoms with Crippen molar-refractivity contribution in [1.29, 1.82) is 0 Å². The molecule has 3 heterocycles. The first kappa shape index (κ1) is 22.9. The van der Waals surface area contributed by atoms with E-state index in [1.807, 2.05) is 41.3 Å². The number of amides is 2. The van der Waals surface area contributed by atoms with Crippen molar-refractivity contribution in [2.45, 2.75) is 38.3 Å². The van der Waals surface area contributed by atoms with E-state index in [-0.39, 0.29) is 17.9 Å². The molecule has 2 aromatic rings. The minimum atomic E-state index is -0.118. The number of fused-ring (bicyclic) bond motifs is 2. The molecule has 0 saturated carbocycles. The number of benzene rings is 2. The van der Waals surface area contributed by atoms with Gasteiger partial charge >= 0.3 is 0 Å². The molecule has 2 amide bonds. The zero-order chi connectivity index (χ0) is 24.4. The number of carbonyl (C=O) groups is 2. The van der Waals surface area contributed by atoms with Gasteiger partial charge in [0.1, 0.15) is 5.82 Å². The molecule has 2 N–H and O–H groups in total. The number of piperidine rings is 1. The maximum Gasteiger partial charge on any atom is 0.257 e. The van der Waals surface area contributed by atoms with Gasteiger partial charge in [-0.3, -0.25) is 9.59 Å². The topological polar surface area (TPSA) is 82.2 Å². The average Bonchev–Trinajstić information content (AvgIpc) is 3.32. The van der Waals surface area contributed by atoms with Gasteiger partial charge in [-0.1, -0.05) is 49.0 Å². The van der Waals surface area contributed by atoms with Crippen LogP contribution in [0.25, 0.3) is 0 Å². The first-order valence-corrected chi connectivity index (χ1v) is 12.2. The standard InChI is InChI=1S/C28H31N5O2/c1-20(28(35)32-15-10-21-6-4-5-9-25(21)32)16-26(30-19-29)31-13-11-24(12-14-31)33-18-23-8-3-2-7-22(23)17-27(33)34/h2-9,16,19,24H,1,10-15,17-18H2,(H2,29,30)/b26-16+. The molecule has 7 nitrogen and oxygen atoms in total. The third-order valence-electron chi connectivity index (χ3n) is 7.27. The molecule has 5 rings (SSSR count). The lowest BCUT2D eigenvalue weighted by Gasteiger charge is -2.41. The van der Waals surface area contributed by atoms with Crippen LogP contribution < -0.4 is 10.6 Å². The minimum absolute atomic E-state index is 0.118. The molecule has 0 aliphatic carbocycles. The third-order valence-corrected chi connectivity index (χ3v) is 7.27. The van der Waals surface area contributed by atoms with Gasteiger partial charge in [-0.05, 0) is 48.1 Å². The smallest absolute Gasteiger partial charge is 0.257 e. The highest BCUT2D eigenvalue weighted by Crippen LogP contribution is 2.30. The Morgan fingerprint density at radius 1 is 1.00 bits per heavy atom. The first-order chi connectivity index (χ1) is 17.0. The van der Waals surface area contributed by atoms with Crippen LogP contribution in [0.4, 0.5) is 5.69 Å². The van der Waals surface area contributed by atoms with Gasteiger partial charge in [0.2, 0.25) is 5.91 Å². The number of aliphatic imine (C=N–C) groups is 1. The molecule has 0 atom stereocenters. The second kappa shape index (κ2) is 9.78. The highest BCUT2D eigenvalue weighted by molar-refractivity contribution is 6.08. The molecule has 2 aromatic carbocycles. The molecular formula is C28H31N5O2. The average molecular weight is 470 g/mol. The van der Waals surface area contributed by atoms with E-state index in [2.05, 4.69) is 28.6 Å². The SMILES string of the molecule is C=C(/C=C(\N=CN)N1CCC(N2Cc3ccccc3CC2=O)CC1)C(=O)N1CCc2ccccc21. The number of carbonyl (C=O) groups excluding carboxylic acids is 2. The van der Waals surface area contributed by atoms with E-state index in [9.17, 15) is 9.59 Å². The van der Waals surface area contributed by atoms with Crippen molar-refractivity contribution in [3.8, 4) is 0 Å². The summed E-state index contributed by atoms with van der Waals surface area (Å²) in [7, 11) is 0. The number of hydrogen-bond donors (Lipinski definition) is 1. The molecule has 3 aliphatic rings. The van der Waals surface area contributed by atoms with Crippen molar-refractivity contribution in [3.05, 3.63) is 89.3 Å². The van der Waals surface area contributed by atoms with E-state index < -0.39 is 0 Å². The Morgan fingerprint density at radius 3 is 2.43 bits per heavy atom. The van der Waals surface area contributed by atoms with E-state index in [0.717, 1.165) is 43.6 Å². The van der Waals surface area contributed by atoms with Gasteiger partial charge in [-0.2, -0.15) is 0 Å². The Morgan fingerprint density at radius 2 is 1.69 bits per heavy atom. The van der Waals surface area contributed by atoms with E-state index in [1.165, 1.54) is 17.5 Å². The van der Waals surface area contributed by atoms with Gasteiger partial charge in [0.15, 0.2) is 0 Å². The number of hydrogen-bond acceptors (Lipinski definition) is 4. The summed E-state index contributed by atoms with van der Waals surface area (Å²) in [5.74, 6) is 0.710.